The van der Waals surface area contributed by atoms with Crippen LogP contribution in [0.3, 0.4) is 0 Å². The van der Waals surface area contributed by atoms with Gasteiger partial charge in [-0.25, -0.2) is 4.79 Å². The summed E-state index contributed by atoms with van der Waals surface area (Å²) >= 11 is 6.20. The maximum absolute atomic E-state index is 12.7. The number of hydrogen-bond acceptors (Lipinski definition) is 6. The van der Waals surface area contributed by atoms with Crippen LogP contribution >= 0.6 is 11.6 Å². The van der Waals surface area contributed by atoms with Crippen molar-refractivity contribution in [3.05, 3.63) is 57.8 Å². The van der Waals surface area contributed by atoms with E-state index in [-0.39, 0.29) is 24.4 Å². The molecule has 2 atom stereocenters. The molecule has 7 nitrogen and oxygen atoms in total. The van der Waals surface area contributed by atoms with Crippen LogP contribution in [0.2, 0.25) is 5.02 Å². The Morgan fingerprint density at radius 1 is 1.29 bits per heavy atom. The molecule has 3 rings (SSSR count). The van der Waals surface area contributed by atoms with Gasteiger partial charge in [0.05, 0.1) is 29.5 Å². The van der Waals surface area contributed by atoms with Gasteiger partial charge in [-0.15, -0.1) is 0 Å². The van der Waals surface area contributed by atoms with Crippen LogP contribution in [0.5, 0.6) is 0 Å². The van der Waals surface area contributed by atoms with Gasteiger partial charge in [0.2, 0.25) is 0 Å². The van der Waals surface area contributed by atoms with Crippen molar-refractivity contribution in [2.24, 2.45) is 17.1 Å². The molecule has 2 aliphatic rings. The minimum Gasteiger partial charge on any atom is -0.444 e. The van der Waals surface area contributed by atoms with E-state index in [2.05, 4.69) is 12.1 Å². The SMILES string of the molecule is CC(C)(C)OC(=O)N1CC=C2C(N)=C(C#N)C(C#N)(C#N)C(c3cccc(Cl)c3)C2C1. The van der Waals surface area contributed by atoms with E-state index in [1.807, 2.05) is 6.07 Å². The third-order valence-electron chi connectivity index (χ3n) is 5.52. The first kappa shape index (κ1) is 22.2. The number of carbonyl (C=O) groups is 1. The number of nitrogens with zero attached hydrogens (tertiary/aromatic N) is 4. The first-order valence-electron chi connectivity index (χ1n) is 9.74. The fourth-order valence-electron chi connectivity index (χ4n) is 4.26. The molecule has 0 spiro atoms. The van der Waals surface area contributed by atoms with Gasteiger partial charge >= 0.3 is 6.09 Å². The average Bonchev–Trinajstić information content (AvgIpc) is 2.71. The molecule has 31 heavy (non-hydrogen) atoms. The summed E-state index contributed by atoms with van der Waals surface area (Å²) in [5.74, 6) is -1.24. The topological polar surface area (TPSA) is 127 Å². The molecule has 158 valence electrons. The predicted octanol–water partition coefficient (Wildman–Crippen LogP) is 4.00. The number of amides is 1. The Bertz CT molecular complexity index is 1100. The standard InChI is InChI=1S/C23H22ClN5O2/c1-22(2,3)31-21(30)29-8-7-16-17(11-29)19(14-5-4-6-15(24)9-14)23(12-26,13-27)18(10-25)20(16)28/h4-7,9,17,19H,8,11,28H2,1-3H3. The van der Waals surface area contributed by atoms with Gasteiger partial charge in [0.1, 0.15) is 5.60 Å². The molecule has 2 N–H and O–H groups in total. The van der Waals surface area contributed by atoms with E-state index in [9.17, 15) is 20.6 Å². The Labute approximate surface area is 186 Å². The van der Waals surface area contributed by atoms with Gasteiger partial charge in [-0.3, -0.25) is 0 Å². The van der Waals surface area contributed by atoms with Crippen LogP contribution in [0, 0.1) is 45.3 Å². The number of hydrogen-bond donors (Lipinski definition) is 1. The zero-order chi connectivity index (χ0) is 23.0. The minimum atomic E-state index is -1.82. The summed E-state index contributed by atoms with van der Waals surface area (Å²) in [6.07, 6.45) is 1.27. The molecule has 0 saturated carbocycles. The Morgan fingerprint density at radius 2 is 1.97 bits per heavy atom. The van der Waals surface area contributed by atoms with E-state index in [4.69, 9.17) is 22.1 Å². The zero-order valence-corrected chi connectivity index (χ0v) is 18.3. The third kappa shape index (κ3) is 3.83. The molecule has 1 aliphatic carbocycles. The van der Waals surface area contributed by atoms with E-state index in [1.165, 1.54) is 4.90 Å². The van der Waals surface area contributed by atoms with Crippen molar-refractivity contribution in [2.45, 2.75) is 32.3 Å². The number of allylic oxidation sites excluding steroid dienone is 2. The number of benzene rings is 1. The first-order valence-corrected chi connectivity index (χ1v) is 10.1. The fraction of sp³-hybridized carbons (Fsp3) is 0.391. The minimum absolute atomic E-state index is 0.0734. The van der Waals surface area contributed by atoms with Crippen molar-refractivity contribution in [1.82, 2.24) is 4.90 Å². The molecular formula is C23H22ClN5O2. The Kier molecular flexibility index (Phi) is 5.72. The fourth-order valence-corrected chi connectivity index (χ4v) is 4.46. The van der Waals surface area contributed by atoms with Gasteiger partial charge < -0.3 is 15.4 Å². The third-order valence-corrected chi connectivity index (χ3v) is 5.75. The number of halogens is 1. The normalized spacial score (nSPS) is 22.4. The van der Waals surface area contributed by atoms with Crippen molar-refractivity contribution in [3.8, 4) is 18.2 Å². The molecule has 1 aliphatic heterocycles. The van der Waals surface area contributed by atoms with Crippen LogP contribution in [-0.4, -0.2) is 29.7 Å². The van der Waals surface area contributed by atoms with Crippen molar-refractivity contribution < 1.29 is 9.53 Å². The smallest absolute Gasteiger partial charge is 0.410 e. The Hall–Kier alpha value is -3.47. The summed E-state index contributed by atoms with van der Waals surface area (Å²) in [4.78, 5) is 14.2. The maximum Gasteiger partial charge on any atom is 0.410 e. The highest BCUT2D eigenvalue weighted by molar-refractivity contribution is 6.30. The molecule has 0 fully saturated rings. The molecule has 2 unspecified atom stereocenters. The Morgan fingerprint density at radius 3 is 2.52 bits per heavy atom. The zero-order valence-electron chi connectivity index (χ0n) is 17.5. The highest BCUT2D eigenvalue weighted by Crippen LogP contribution is 2.54. The van der Waals surface area contributed by atoms with E-state index in [0.29, 0.717) is 16.2 Å². The number of nitriles is 3. The summed E-state index contributed by atoms with van der Waals surface area (Å²) < 4.78 is 5.50. The summed E-state index contributed by atoms with van der Waals surface area (Å²) in [5, 5.41) is 30.5. The molecular weight excluding hydrogens is 414 g/mol. The molecule has 1 aromatic carbocycles. The lowest BCUT2D eigenvalue weighted by atomic mass is 9.57. The van der Waals surface area contributed by atoms with Gasteiger partial charge in [-0.2, -0.15) is 15.8 Å². The number of fused-ring (bicyclic) bond motifs is 1. The second kappa shape index (κ2) is 7.99. The maximum atomic E-state index is 12.7. The lowest BCUT2D eigenvalue weighted by molar-refractivity contribution is 0.0224. The van der Waals surface area contributed by atoms with Crippen molar-refractivity contribution in [1.29, 1.82) is 15.8 Å². The number of rotatable bonds is 1. The summed E-state index contributed by atoms with van der Waals surface area (Å²) in [6.45, 7) is 5.77. The van der Waals surface area contributed by atoms with E-state index in [0.717, 1.165) is 0 Å². The predicted molar refractivity (Wildman–Crippen MR) is 114 cm³/mol. The van der Waals surface area contributed by atoms with Gasteiger partial charge in [-0.05, 0) is 44.0 Å². The number of nitrogens with two attached hydrogens (primary N) is 1. The summed E-state index contributed by atoms with van der Waals surface area (Å²) in [6, 6.07) is 13.0. The molecule has 0 saturated heterocycles. The van der Waals surface area contributed by atoms with Crippen LogP contribution < -0.4 is 5.73 Å². The highest BCUT2D eigenvalue weighted by Gasteiger charge is 2.55. The molecule has 1 heterocycles. The van der Waals surface area contributed by atoms with Gasteiger partial charge in [-0.1, -0.05) is 29.8 Å². The quantitative estimate of drug-likeness (QED) is 0.710. The largest absolute Gasteiger partial charge is 0.444 e. The van der Waals surface area contributed by atoms with Crippen LogP contribution in [0.15, 0.2) is 47.2 Å². The van der Waals surface area contributed by atoms with Crippen LogP contribution in [0.25, 0.3) is 0 Å². The van der Waals surface area contributed by atoms with Gasteiger partial charge in [0.25, 0.3) is 0 Å². The number of ether oxygens (including phenoxy) is 1. The van der Waals surface area contributed by atoms with Crippen LogP contribution in [-0.2, 0) is 4.74 Å². The molecule has 1 amide bonds. The Balaban J connectivity index is 2.19. The van der Waals surface area contributed by atoms with Gasteiger partial charge in [0.15, 0.2) is 5.41 Å². The first-order chi connectivity index (χ1) is 14.6. The van der Waals surface area contributed by atoms with Crippen molar-refractivity contribution >= 4 is 17.7 Å². The van der Waals surface area contributed by atoms with E-state index in [1.54, 1.807) is 51.1 Å². The molecule has 8 heteroatoms. The van der Waals surface area contributed by atoms with Crippen molar-refractivity contribution in [2.75, 3.05) is 13.1 Å². The molecule has 0 aromatic heterocycles. The molecule has 1 aromatic rings. The molecule has 0 radical (unpaired) electrons. The lowest BCUT2D eigenvalue weighted by Gasteiger charge is -2.45. The van der Waals surface area contributed by atoms with E-state index < -0.39 is 28.9 Å². The van der Waals surface area contributed by atoms with Crippen molar-refractivity contribution in [3.63, 3.8) is 0 Å². The second-order valence-corrected chi connectivity index (χ2v) is 9.05. The number of carbonyl (C=O) groups excluding carboxylic acids is 1. The monoisotopic (exact) mass is 435 g/mol. The molecule has 0 bridgehead atoms. The lowest BCUT2D eigenvalue weighted by Crippen LogP contribution is -2.49. The average molecular weight is 436 g/mol. The highest BCUT2D eigenvalue weighted by atomic mass is 35.5. The second-order valence-electron chi connectivity index (χ2n) is 8.62. The van der Waals surface area contributed by atoms with Crippen LogP contribution in [0.4, 0.5) is 4.79 Å². The van der Waals surface area contributed by atoms with E-state index >= 15 is 0 Å². The van der Waals surface area contributed by atoms with Crippen LogP contribution in [0.1, 0.15) is 32.3 Å². The summed E-state index contributed by atoms with van der Waals surface area (Å²) in [7, 11) is 0. The van der Waals surface area contributed by atoms with Gasteiger partial charge in [0, 0.05) is 29.9 Å². The summed E-state index contributed by atoms with van der Waals surface area (Å²) in [5.41, 5.74) is 5.13.